The van der Waals surface area contributed by atoms with Crippen LogP contribution in [-0.4, -0.2) is 26.3 Å². The standard InChI is InChI=1S/C41H33N3O4S3/c1-26(2)21-36-39(51-40(43-36)35(23-42)41(47)48)22-34-18-20-38(50-34)37-19-17-33(49-37)16-9-27-3-10-30(11-4-27)44(31-12-5-28(24-45)6-13-31)32-14-7-29(25-46)8-15-32/h3-8,10-15,17-20,22,26,45-46H,21,24-25H2,1-2H3,(H,47,48)/b39-22?,40-35-. The van der Waals surface area contributed by atoms with Gasteiger partial charge in [0.05, 0.1) is 28.3 Å². The molecule has 254 valence electrons. The highest BCUT2D eigenvalue weighted by molar-refractivity contribution is 7.22. The van der Waals surface area contributed by atoms with Crippen molar-refractivity contribution in [1.29, 1.82) is 5.26 Å². The molecule has 0 aliphatic rings. The van der Waals surface area contributed by atoms with Gasteiger partial charge in [-0.1, -0.05) is 50.0 Å². The van der Waals surface area contributed by atoms with E-state index in [0.29, 0.717) is 12.3 Å². The number of benzene rings is 3. The first-order valence-corrected chi connectivity index (χ1v) is 18.6. The number of thiophene rings is 2. The first kappa shape index (κ1) is 35.5. The molecule has 3 heterocycles. The van der Waals surface area contributed by atoms with E-state index in [2.05, 4.69) is 47.7 Å². The normalized spacial score (nSPS) is 12.0. The molecule has 0 fully saturated rings. The molecule has 0 unspecified atom stereocenters. The van der Waals surface area contributed by atoms with E-state index in [1.54, 1.807) is 28.7 Å². The minimum Gasteiger partial charge on any atom is -0.477 e. The van der Waals surface area contributed by atoms with Gasteiger partial charge in [-0.25, -0.2) is 9.78 Å². The summed E-state index contributed by atoms with van der Waals surface area (Å²) in [5.41, 5.74) is 5.87. The van der Waals surface area contributed by atoms with Crippen molar-refractivity contribution in [3.05, 3.63) is 138 Å². The Bertz CT molecular complexity index is 2340. The van der Waals surface area contributed by atoms with E-state index < -0.39 is 5.97 Å². The molecule has 0 spiro atoms. The monoisotopic (exact) mass is 727 g/mol. The zero-order valence-corrected chi connectivity index (χ0v) is 30.3. The quantitative estimate of drug-likeness (QED) is 0.125. The van der Waals surface area contributed by atoms with E-state index in [0.717, 1.165) is 63.5 Å². The Morgan fingerprint density at radius 3 is 1.90 bits per heavy atom. The maximum Gasteiger partial charge on any atom is 0.349 e. The van der Waals surface area contributed by atoms with Gasteiger partial charge in [-0.3, -0.25) is 0 Å². The van der Waals surface area contributed by atoms with Crippen molar-refractivity contribution in [2.24, 2.45) is 5.92 Å². The SMILES string of the molecule is CC(C)Cc1n/c(=C(\C#N)C(=O)O)sc1=Cc1ccc(-c2ccc(C#Cc3ccc(N(c4ccc(CO)cc4)c4ccc(CO)cc4)cc3)s2)s1. The number of aliphatic hydroxyl groups excluding tert-OH is 2. The highest BCUT2D eigenvalue weighted by Gasteiger charge is 2.15. The largest absolute Gasteiger partial charge is 0.477 e. The number of hydrogen-bond acceptors (Lipinski definition) is 9. The number of aromatic nitrogens is 1. The topological polar surface area (TPSA) is 118 Å². The Labute approximate surface area is 308 Å². The molecule has 0 aliphatic carbocycles. The molecule has 3 N–H and O–H groups in total. The fraction of sp³-hybridized carbons (Fsp3) is 0.146. The minimum atomic E-state index is -1.27. The van der Waals surface area contributed by atoms with Crippen molar-refractivity contribution in [2.45, 2.75) is 33.5 Å². The molecular formula is C41H33N3O4S3. The number of carboxylic acid groups (broad SMARTS) is 1. The maximum absolute atomic E-state index is 11.6. The number of aliphatic hydroxyl groups is 2. The van der Waals surface area contributed by atoms with Crippen molar-refractivity contribution >= 4 is 68.7 Å². The highest BCUT2D eigenvalue weighted by Crippen LogP contribution is 2.36. The summed E-state index contributed by atoms with van der Waals surface area (Å²) >= 11 is 4.50. The number of anilines is 3. The lowest BCUT2D eigenvalue weighted by atomic mass is 10.1. The van der Waals surface area contributed by atoms with Gasteiger partial charge in [0.2, 0.25) is 0 Å². The van der Waals surface area contributed by atoms with E-state index in [1.807, 2.05) is 91.0 Å². The lowest BCUT2D eigenvalue weighted by Gasteiger charge is -2.26. The summed E-state index contributed by atoms with van der Waals surface area (Å²) < 4.78 is 1.10. The molecule has 0 saturated carbocycles. The molecule has 6 rings (SSSR count). The van der Waals surface area contributed by atoms with Crippen molar-refractivity contribution in [2.75, 3.05) is 4.90 Å². The van der Waals surface area contributed by atoms with Crippen LogP contribution in [0.1, 0.15) is 46.0 Å². The van der Waals surface area contributed by atoms with Gasteiger partial charge in [-0.2, -0.15) is 5.26 Å². The summed E-state index contributed by atoms with van der Waals surface area (Å²) in [5.74, 6) is 5.66. The van der Waals surface area contributed by atoms with Crippen LogP contribution in [0.4, 0.5) is 17.1 Å². The van der Waals surface area contributed by atoms with Gasteiger partial charge in [0.15, 0.2) is 5.57 Å². The molecule has 0 radical (unpaired) electrons. The van der Waals surface area contributed by atoms with E-state index in [4.69, 9.17) is 0 Å². The fourth-order valence-electron chi connectivity index (χ4n) is 5.31. The zero-order valence-electron chi connectivity index (χ0n) is 27.8. The summed E-state index contributed by atoms with van der Waals surface area (Å²) in [6.07, 6.45) is 2.71. The third-order valence-electron chi connectivity index (χ3n) is 7.83. The highest BCUT2D eigenvalue weighted by atomic mass is 32.1. The van der Waals surface area contributed by atoms with Crippen molar-refractivity contribution in [3.63, 3.8) is 0 Å². The van der Waals surface area contributed by atoms with Gasteiger partial charge in [0.1, 0.15) is 10.7 Å². The van der Waals surface area contributed by atoms with Crippen molar-refractivity contribution < 1.29 is 20.1 Å². The summed E-state index contributed by atoms with van der Waals surface area (Å²) in [6, 6.07) is 33.6. The number of thiazole rings is 1. The van der Waals surface area contributed by atoms with Crippen LogP contribution in [0.25, 0.3) is 21.4 Å². The number of hydrogen-bond donors (Lipinski definition) is 3. The van der Waals surface area contributed by atoms with Gasteiger partial charge < -0.3 is 20.2 Å². The van der Waals surface area contributed by atoms with Gasteiger partial charge in [-0.05, 0) is 102 Å². The van der Waals surface area contributed by atoms with Crippen molar-refractivity contribution in [3.8, 4) is 27.7 Å². The molecule has 0 saturated heterocycles. The number of aliphatic carboxylic acids is 1. The van der Waals surface area contributed by atoms with Crippen molar-refractivity contribution in [1.82, 2.24) is 4.98 Å². The number of carboxylic acids is 1. The Kier molecular flexibility index (Phi) is 11.2. The second kappa shape index (κ2) is 16.1. The first-order chi connectivity index (χ1) is 24.7. The average Bonchev–Trinajstić information content (AvgIpc) is 3.89. The van der Waals surface area contributed by atoms with Gasteiger partial charge in [-0.15, -0.1) is 34.0 Å². The molecule has 6 aromatic rings. The molecule has 7 nitrogen and oxygen atoms in total. The van der Waals surface area contributed by atoms with E-state index >= 15 is 0 Å². The van der Waals surface area contributed by atoms with Crippen LogP contribution >= 0.6 is 34.0 Å². The van der Waals surface area contributed by atoms with Crippen LogP contribution < -0.4 is 14.1 Å². The summed E-state index contributed by atoms with van der Waals surface area (Å²) in [7, 11) is 0. The Morgan fingerprint density at radius 2 is 1.35 bits per heavy atom. The van der Waals surface area contributed by atoms with Gasteiger partial charge in [0.25, 0.3) is 0 Å². The molecule has 0 bridgehead atoms. The van der Waals surface area contributed by atoms with E-state index in [-0.39, 0.29) is 23.4 Å². The number of nitrogens with zero attached hydrogens (tertiary/aromatic N) is 3. The van der Waals surface area contributed by atoms with Crippen LogP contribution in [0.5, 0.6) is 0 Å². The Morgan fingerprint density at radius 1 is 0.784 bits per heavy atom. The fourth-order valence-corrected chi connectivity index (χ4v) is 8.32. The first-order valence-electron chi connectivity index (χ1n) is 16.1. The summed E-state index contributed by atoms with van der Waals surface area (Å²) in [5, 5.41) is 37.9. The molecule has 0 aliphatic heterocycles. The third-order valence-corrected chi connectivity index (χ3v) is 11.1. The molecule has 3 aromatic heterocycles. The number of carbonyl (C=O) groups is 1. The predicted molar refractivity (Wildman–Crippen MR) is 207 cm³/mol. The lowest BCUT2D eigenvalue weighted by molar-refractivity contribution is -0.130. The number of rotatable bonds is 10. The lowest BCUT2D eigenvalue weighted by Crippen LogP contribution is -2.12. The second-order valence-corrected chi connectivity index (χ2v) is 15.2. The summed E-state index contributed by atoms with van der Waals surface area (Å²) in [6.45, 7) is 4.13. The van der Waals surface area contributed by atoms with Crippen LogP contribution in [-0.2, 0) is 24.4 Å². The van der Waals surface area contributed by atoms with Crippen LogP contribution in [0.2, 0.25) is 0 Å². The van der Waals surface area contributed by atoms with Gasteiger partial charge >= 0.3 is 5.97 Å². The van der Waals surface area contributed by atoms with Crippen LogP contribution in [0.3, 0.4) is 0 Å². The minimum absolute atomic E-state index is 0.0205. The smallest absolute Gasteiger partial charge is 0.349 e. The second-order valence-electron chi connectivity index (χ2n) is 12.0. The van der Waals surface area contributed by atoms with E-state index in [9.17, 15) is 25.4 Å². The number of nitriles is 1. The Balaban J connectivity index is 1.22. The molecule has 3 aromatic carbocycles. The molecule has 51 heavy (non-hydrogen) atoms. The predicted octanol–water partition coefficient (Wildman–Crippen LogP) is 7.57. The van der Waals surface area contributed by atoms with Gasteiger partial charge in [0, 0.05) is 37.3 Å². The summed E-state index contributed by atoms with van der Waals surface area (Å²) in [4.78, 5) is 22.4. The van der Waals surface area contributed by atoms with Crippen LogP contribution in [0.15, 0.2) is 97.1 Å². The molecular weight excluding hydrogens is 695 g/mol. The molecule has 0 amide bonds. The zero-order chi connectivity index (χ0) is 35.9. The Hall–Kier alpha value is -5.33. The maximum atomic E-state index is 11.6. The molecule has 10 heteroatoms. The third kappa shape index (κ3) is 8.53. The molecule has 0 atom stereocenters. The van der Waals surface area contributed by atoms with Crippen LogP contribution in [0, 0.1) is 29.1 Å². The average molecular weight is 728 g/mol. The van der Waals surface area contributed by atoms with E-state index in [1.165, 1.54) is 11.3 Å².